The number of hydrogen-bond donors (Lipinski definition) is 1. The molecular formula is C15H26N2OS. The quantitative estimate of drug-likeness (QED) is 0.829. The maximum absolute atomic E-state index is 6.13. The Labute approximate surface area is 120 Å². The van der Waals surface area contributed by atoms with Crippen LogP contribution in [0.15, 0.2) is 0 Å². The van der Waals surface area contributed by atoms with Crippen LogP contribution < -0.4 is 5.32 Å². The summed E-state index contributed by atoms with van der Waals surface area (Å²) in [6.45, 7) is 6.02. The van der Waals surface area contributed by atoms with Crippen molar-refractivity contribution in [2.45, 2.75) is 64.5 Å². The van der Waals surface area contributed by atoms with Crippen molar-refractivity contribution in [1.82, 2.24) is 10.3 Å². The predicted octanol–water partition coefficient (Wildman–Crippen LogP) is 3.62. The molecule has 1 aliphatic rings. The van der Waals surface area contributed by atoms with E-state index in [1.165, 1.54) is 28.4 Å². The van der Waals surface area contributed by atoms with Gasteiger partial charge in [0.1, 0.15) is 10.6 Å². The molecule has 108 valence electrons. The van der Waals surface area contributed by atoms with Gasteiger partial charge in [-0.05, 0) is 33.2 Å². The highest BCUT2D eigenvalue weighted by Crippen LogP contribution is 2.44. The second kappa shape index (κ2) is 6.82. The first-order valence-electron chi connectivity index (χ1n) is 7.53. The van der Waals surface area contributed by atoms with Gasteiger partial charge in [-0.3, -0.25) is 0 Å². The van der Waals surface area contributed by atoms with Crippen molar-refractivity contribution in [1.29, 1.82) is 0 Å². The molecule has 0 radical (unpaired) electrons. The van der Waals surface area contributed by atoms with Gasteiger partial charge in [-0.2, -0.15) is 0 Å². The molecule has 0 aliphatic heterocycles. The molecule has 0 unspecified atom stereocenters. The molecule has 4 heteroatoms. The lowest BCUT2D eigenvalue weighted by Crippen LogP contribution is -2.26. The summed E-state index contributed by atoms with van der Waals surface area (Å²) in [4.78, 5) is 6.34. The number of nitrogens with one attached hydrogen (secondary N) is 1. The number of nitrogens with zero attached hydrogens (tertiary/aromatic N) is 1. The van der Waals surface area contributed by atoms with E-state index in [0.29, 0.717) is 0 Å². The van der Waals surface area contributed by atoms with Crippen molar-refractivity contribution in [2.75, 3.05) is 13.7 Å². The van der Waals surface area contributed by atoms with Crippen LogP contribution in [0.4, 0.5) is 0 Å². The van der Waals surface area contributed by atoms with Crippen LogP contribution in [0, 0.1) is 0 Å². The Morgan fingerprint density at radius 1 is 1.32 bits per heavy atom. The van der Waals surface area contributed by atoms with E-state index in [1.807, 2.05) is 18.4 Å². The lowest BCUT2D eigenvalue weighted by molar-refractivity contribution is -0.0392. The van der Waals surface area contributed by atoms with Gasteiger partial charge in [0.2, 0.25) is 0 Å². The van der Waals surface area contributed by atoms with Crippen LogP contribution >= 0.6 is 11.3 Å². The van der Waals surface area contributed by atoms with Gasteiger partial charge in [-0.15, -0.1) is 11.3 Å². The van der Waals surface area contributed by atoms with Crippen molar-refractivity contribution in [3.8, 4) is 0 Å². The minimum Gasteiger partial charge on any atom is -0.368 e. The normalized spacial score (nSPS) is 18.1. The van der Waals surface area contributed by atoms with Gasteiger partial charge in [0.25, 0.3) is 0 Å². The zero-order valence-electron chi connectivity index (χ0n) is 12.4. The van der Waals surface area contributed by atoms with Crippen molar-refractivity contribution < 1.29 is 4.74 Å². The molecule has 1 heterocycles. The smallest absolute Gasteiger partial charge is 0.125 e. The summed E-state index contributed by atoms with van der Waals surface area (Å²) in [6.07, 6.45) is 7.04. The molecule has 1 fully saturated rings. The van der Waals surface area contributed by atoms with Crippen molar-refractivity contribution in [3.05, 3.63) is 15.6 Å². The van der Waals surface area contributed by atoms with Crippen molar-refractivity contribution >= 4 is 11.3 Å². The number of aromatic nitrogens is 1. The van der Waals surface area contributed by atoms with Crippen LogP contribution in [0.5, 0.6) is 0 Å². The summed E-state index contributed by atoms with van der Waals surface area (Å²) in [5.41, 5.74) is 1.20. The average molecular weight is 282 g/mol. The third-order valence-corrected chi connectivity index (χ3v) is 5.11. The molecular weight excluding hydrogens is 256 g/mol. The Morgan fingerprint density at radius 3 is 2.63 bits per heavy atom. The van der Waals surface area contributed by atoms with Crippen LogP contribution in [0.2, 0.25) is 0 Å². The lowest BCUT2D eigenvalue weighted by atomic mass is 10.0. The molecule has 3 nitrogen and oxygen atoms in total. The summed E-state index contributed by atoms with van der Waals surface area (Å²) in [5.74, 6) is 0. The number of thiazole rings is 1. The number of hydrogen-bond acceptors (Lipinski definition) is 4. The highest BCUT2D eigenvalue weighted by Gasteiger charge is 2.39. The van der Waals surface area contributed by atoms with E-state index >= 15 is 0 Å². The van der Waals surface area contributed by atoms with Gasteiger partial charge >= 0.3 is 0 Å². The second-order valence-electron chi connectivity index (χ2n) is 5.30. The van der Waals surface area contributed by atoms with Gasteiger partial charge in [0, 0.05) is 18.0 Å². The van der Waals surface area contributed by atoms with Crippen molar-refractivity contribution in [2.24, 2.45) is 0 Å². The van der Waals surface area contributed by atoms with Crippen LogP contribution in [0.1, 0.15) is 61.5 Å². The predicted molar refractivity (Wildman–Crippen MR) is 80.6 cm³/mol. The Hall–Kier alpha value is -0.450. The summed E-state index contributed by atoms with van der Waals surface area (Å²) in [5, 5.41) is 4.48. The molecule has 1 saturated carbocycles. The maximum atomic E-state index is 6.13. The maximum Gasteiger partial charge on any atom is 0.125 e. The highest BCUT2D eigenvalue weighted by atomic mass is 32.1. The Kier molecular flexibility index (Phi) is 5.37. The second-order valence-corrected chi connectivity index (χ2v) is 6.39. The molecule has 0 atom stereocenters. The standard InChI is InChI=1S/C15H26N2OS/c1-4-8-12-13(11-16-3)19-14(17-12)15(18-5-2)9-6-7-10-15/h16H,4-11H2,1-3H3. The zero-order chi connectivity index (χ0) is 13.7. The third-order valence-electron chi connectivity index (χ3n) is 3.82. The van der Waals surface area contributed by atoms with E-state index in [4.69, 9.17) is 9.72 Å². The Bertz CT molecular complexity index is 373. The Morgan fingerprint density at radius 2 is 2.05 bits per heavy atom. The molecule has 1 N–H and O–H groups in total. The van der Waals surface area contributed by atoms with E-state index in [-0.39, 0.29) is 5.60 Å². The minimum atomic E-state index is -0.0755. The van der Waals surface area contributed by atoms with Crippen LogP contribution in [0.3, 0.4) is 0 Å². The number of aryl methyl sites for hydroxylation is 1. The molecule has 1 aromatic rings. The van der Waals surface area contributed by atoms with E-state index in [0.717, 1.165) is 38.8 Å². The fraction of sp³-hybridized carbons (Fsp3) is 0.800. The van der Waals surface area contributed by atoms with Gasteiger partial charge in [0.05, 0.1) is 5.69 Å². The monoisotopic (exact) mass is 282 g/mol. The van der Waals surface area contributed by atoms with Gasteiger partial charge in [0.15, 0.2) is 0 Å². The van der Waals surface area contributed by atoms with Gasteiger partial charge < -0.3 is 10.1 Å². The Balaban J connectivity index is 2.29. The van der Waals surface area contributed by atoms with Gasteiger partial charge in [-0.1, -0.05) is 26.2 Å². The molecule has 0 saturated heterocycles. The zero-order valence-corrected chi connectivity index (χ0v) is 13.2. The fourth-order valence-corrected chi connectivity index (χ4v) is 4.27. The van der Waals surface area contributed by atoms with Crippen LogP contribution in [-0.4, -0.2) is 18.6 Å². The molecule has 0 spiro atoms. The van der Waals surface area contributed by atoms with E-state index in [1.54, 1.807) is 0 Å². The molecule has 0 aromatic carbocycles. The summed E-state index contributed by atoms with van der Waals surface area (Å²) < 4.78 is 6.13. The lowest BCUT2D eigenvalue weighted by Gasteiger charge is -2.26. The average Bonchev–Trinajstić information content (AvgIpc) is 3.00. The summed E-state index contributed by atoms with van der Waals surface area (Å²) >= 11 is 1.86. The van der Waals surface area contributed by atoms with Crippen LogP contribution in [-0.2, 0) is 23.3 Å². The summed E-state index contributed by atoms with van der Waals surface area (Å²) in [6, 6.07) is 0. The summed E-state index contributed by atoms with van der Waals surface area (Å²) in [7, 11) is 2.00. The molecule has 1 aromatic heterocycles. The van der Waals surface area contributed by atoms with Crippen LogP contribution in [0.25, 0.3) is 0 Å². The molecule has 2 rings (SSSR count). The number of rotatable bonds is 7. The first-order valence-corrected chi connectivity index (χ1v) is 8.35. The molecule has 19 heavy (non-hydrogen) atoms. The topological polar surface area (TPSA) is 34.1 Å². The molecule has 0 bridgehead atoms. The first-order chi connectivity index (χ1) is 9.25. The SMILES string of the molecule is CCCc1nc(C2(OCC)CCCC2)sc1CNC. The minimum absolute atomic E-state index is 0.0755. The van der Waals surface area contributed by atoms with Gasteiger partial charge in [-0.25, -0.2) is 4.98 Å². The van der Waals surface area contributed by atoms with Crippen molar-refractivity contribution in [3.63, 3.8) is 0 Å². The molecule has 0 amide bonds. The molecule has 1 aliphatic carbocycles. The van der Waals surface area contributed by atoms with E-state index < -0.39 is 0 Å². The third kappa shape index (κ3) is 3.18. The fourth-order valence-electron chi connectivity index (χ4n) is 2.95. The highest BCUT2D eigenvalue weighted by molar-refractivity contribution is 7.11. The first kappa shape index (κ1) is 14.9. The van der Waals surface area contributed by atoms with E-state index in [2.05, 4.69) is 19.2 Å². The number of ether oxygens (including phenoxy) is 1. The van der Waals surface area contributed by atoms with E-state index in [9.17, 15) is 0 Å². The largest absolute Gasteiger partial charge is 0.368 e.